The Morgan fingerprint density at radius 1 is 1.21 bits per heavy atom. The van der Waals surface area contributed by atoms with E-state index in [0.29, 0.717) is 11.6 Å². The molecule has 5 heteroatoms. The van der Waals surface area contributed by atoms with Crippen LogP contribution >= 0.6 is 0 Å². The maximum atomic E-state index is 12.4. The molecule has 1 N–H and O–H groups in total. The zero-order valence-electron chi connectivity index (χ0n) is 11.7. The Balaban J connectivity index is 2.94. The van der Waals surface area contributed by atoms with Gasteiger partial charge in [-0.05, 0) is 31.9 Å². The van der Waals surface area contributed by atoms with Crippen LogP contribution in [0.25, 0.3) is 0 Å². The highest BCUT2D eigenvalue weighted by Gasteiger charge is 2.26. The van der Waals surface area contributed by atoms with E-state index in [0.717, 1.165) is 24.3 Å². The SMILES string of the molecule is CCC(CC)[NH+](CC)C(=O)c1ccc([N+](=O)[O-])cc1. The van der Waals surface area contributed by atoms with E-state index in [1.807, 2.05) is 6.92 Å². The highest BCUT2D eigenvalue weighted by Crippen LogP contribution is 2.11. The van der Waals surface area contributed by atoms with Gasteiger partial charge in [-0.3, -0.25) is 15.0 Å². The number of carbonyl (C=O) groups is 1. The molecule has 0 heterocycles. The van der Waals surface area contributed by atoms with E-state index in [-0.39, 0.29) is 11.6 Å². The lowest BCUT2D eigenvalue weighted by Gasteiger charge is -2.23. The van der Waals surface area contributed by atoms with E-state index in [1.165, 1.54) is 12.1 Å². The zero-order chi connectivity index (χ0) is 14.4. The van der Waals surface area contributed by atoms with E-state index in [2.05, 4.69) is 13.8 Å². The minimum atomic E-state index is -0.459. The number of nitrogens with zero attached hydrogens (tertiary/aromatic N) is 1. The summed E-state index contributed by atoms with van der Waals surface area (Å²) >= 11 is 0. The monoisotopic (exact) mass is 265 g/mol. The van der Waals surface area contributed by atoms with Crippen LogP contribution in [0.2, 0.25) is 0 Å². The molecule has 1 rings (SSSR count). The van der Waals surface area contributed by atoms with Gasteiger partial charge in [0.1, 0.15) is 0 Å². The van der Waals surface area contributed by atoms with Gasteiger partial charge in [-0.25, -0.2) is 4.79 Å². The quantitative estimate of drug-likeness (QED) is 0.630. The third-order valence-electron chi connectivity index (χ3n) is 3.49. The first-order chi connectivity index (χ1) is 9.04. The topological polar surface area (TPSA) is 64.7 Å². The Bertz CT molecular complexity index is 439. The summed E-state index contributed by atoms with van der Waals surface area (Å²) in [6, 6.07) is 6.14. The van der Waals surface area contributed by atoms with Gasteiger partial charge in [0.2, 0.25) is 0 Å². The zero-order valence-corrected chi connectivity index (χ0v) is 11.7. The normalized spacial score (nSPS) is 12.4. The van der Waals surface area contributed by atoms with Crippen molar-refractivity contribution >= 4 is 11.6 Å². The molecule has 0 saturated heterocycles. The summed E-state index contributed by atoms with van der Waals surface area (Å²) < 4.78 is 0. The van der Waals surface area contributed by atoms with Crippen LogP contribution in [0.5, 0.6) is 0 Å². The summed E-state index contributed by atoms with van der Waals surface area (Å²) in [7, 11) is 0. The Kier molecular flexibility index (Phi) is 5.63. The minimum Gasteiger partial charge on any atom is -0.265 e. The predicted octanol–water partition coefficient (Wildman–Crippen LogP) is 1.83. The summed E-state index contributed by atoms with van der Waals surface area (Å²) in [5.74, 6) is 0.0195. The van der Waals surface area contributed by atoms with E-state index in [4.69, 9.17) is 0 Å². The maximum Gasteiger partial charge on any atom is 0.344 e. The van der Waals surface area contributed by atoms with Crippen molar-refractivity contribution in [2.75, 3.05) is 6.54 Å². The Morgan fingerprint density at radius 3 is 2.11 bits per heavy atom. The first-order valence-electron chi connectivity index (χ1n) is 6.69. The number of nitro groups is 1. The molecule has 1 aromatic carbocycles. The van der Waals surface area contributed by atoms with Crippen molar-refractivity contribution in [2.45, 2.75) is 39.7 Å². The Hall–Kier alpha value is -1.75. The van der Waals surface area contributed by atoms with Crippen molar-refractivity contribution in [3.63, 3.8) is 0 Å². The molecule has 1 atom stereocenters. The van der Waals surface area contributed by atoms with Crippen LogP contribution in [0.15, 0.2) is 24.3 Å². The van der Waals surface area contributed by atoms with E-state index < -0.39 is 4.92 Å². The first-order valence-corrected chi connectivity index (χ1v) is 6.69. The van der Waals surface area contributed by atoms with Crippen LogP contribution in [0.3, 0.4) is 0 Å². The number of hydrogen-bond acceptors (Lipinski definition) is 3. The lowest BCUT2D eigenvalue weighted by molar-refractivity contribution is -0.841. The predicted molar refractivity (Wildman–Crippen MR) is 73.3 cm³/mol. The largest absolute Gasteiger partial charge is 0.344 e. The van der Waals surface area contributed by atoms with Crippen LogP contribution in [0.4, 0.5) is 5.69 Å². The van der Waals surface area contributed by atoms with Crippen LogP contribution in [-0.4, -0.2) is 23.4 Å². The second-order valence-corrected chi connectivity index (χ2v) is 4.53. The summed E-state index contributed by atoms with van der Waals surface area (Å²) in [5.41, 5.74) is 0.548. The number of hydrogen-bond donors (Lipinski definition) is 1. The fraction of sp³-hybridized carbons (Fsp3) is 0.500. The summed E-state index contributed by atoms with van der Waals surface area (Å²) in [6.45, 7) is 6.86. The van der Waals surface area contributed by atoms with Gasteiger partial charge >= 0.3 is 5.91 Å². The molecule has 0 spiro atoms. The average Bonchev–Trinajstić information content (AvgIpc) is 2.44. The van der Waals surface area contributed by atoms with E-state index in [9.17, 15) is 14.9 Å². The summed E-state index contributed by atoms with van der Waals surface area (Å²) in [4.78, 5) is 23.5. The molecule has 104 valence electrons. The molecule has 0 aliphatic rings. The van der Waals surface area contributed by atoms with Gasteiger partial charge in [0.05, 0.1) is 23.1 Å². The number of nitrogens with one attached hydrogen (secondary N) is 1. The van der Waals surface area contributed by atoms with Crippen molar-refractivity contribution in [1.29, 1.82) is 0 Å². The number of quaternary nitrogens is 1. The molecule has 0 aromatic heterocycles. The minimum absolute atomic E-state index is 0.0112. The van der Waals surface area contributed by atoms with Crippen LogP contribution in [0, 0.1) is 10.1 Å². The van der Waals surface area contributed by atoms with Gasteiger partial charge in [-0.1, -0.05) is 13.8 Å². The Labute approximate surface area is 113 Å². The fourth-order valence-electron chi connectivity index (χ4n) is 2.34. The molecule has 1 amide bonds. The van der Waals surface area contributed by atoms with Gasteiger partial charge in [-0.15, -0.1) is 0 Å². The fourth-order valence-corrected chi connectivity index (χ4v) is 2.34. The lowest BCUT2D eigenvalue weighted by Crippen LogP contribution is -3.17. The molecular formula is C14H21N2O3+. The summed E-state index contributed by atoms with van der Waals surface area (Å²) in [5, 5.41) is 10.6. The molecule has 0 bridgehead atoms. The summed E-state index contributed by atoms with van der Waals surface area (Å²) in [6.07, 6.45) is 1.89. The van der Waals surface area contributed by atoms with E-state index >= 15 is 0 Å². The molecule has 19 heavy (non-hydrogen) atoms. The molecule has 1 aromatic rings. The number of non-ortho nitro benzene ring substituents is 1. The van der Waals surface area contributed by atoms with Crippen LogP contribution < -0.4 is 4.90 Å². The lowest BCUT2D eigenvalue weighted by atomic mass is 10.1. The third-order valence-corrected chi connectivity index (χ3v) is 3.49. The van der Waals surface area contributed by atoms with Crippen molar-refractivity contribution in [2.24, 2.45) is 0 Å². The van der Waals surface area contributed by atoms with Crippen molar-refractivity contribution in [3.8, 4) is 0 Å². The maximum absolute atomic E-state index is 12.4. The second-order valence-electron chi connectivity index (χ2n) is 4.53. The first kappa shape index (κ1) is 15.3. The highest BCUT2D eigenvalue weighted by molar-refractivity contribution is 5.87. The standard InChI is InChI=1S/C14H20N2O3/c1-4-12(5-2)15(6-3)14(17)11-7-9-13(10-8-11)16(18)19/h7-10,12H,4-6H2,1-3H3/p+1. The van der Waals surface area contributed by atoms with Gasteiger partial charge < -0.3 is 0 Å². The third kappa shape index (κ3) is 3.61. The highest BCUT2D eigenvalue weighted by atomic mass is 16.6. The molecule has 0 aliphatic carbocycles. The molecule has 0 radical (unpaired) electrons. The molecule has 1 unspecified atom stereocenters. The van der Waals surface area contributed by atoms with Gasteiger partial charge in [-0.2, -0.15) is 0 Å². The average molecular weight is 265 g/mol. The second kappa shape index (κ2) is 6.99. The van der Waals surface area contributed by atoms with E-state index in [1.54, 1.807) is 12.1 Å². The molecule has 0 fully saturated rings. The number of benzene rings is 1. The molecule has 0 aliphatic heterocycles. The van der Waals surface area contributed by atoms with Crippen molar-refractivity contribution < 1.29 is 14.6 Å². The molecule has 0 saturated carbocycles. The molecule has 5 nitrogen and oxygen atoms in total. The van der Waals surface area contributed by atoms with Crippen LogP contribution in [0.1, 0.15) is 44.0 Å². The molecular weight excluding hydrogens is 244 g/mol. The van der Waals surface area contributed by atoms with Gasteiger partial charge in [0.15, 0.2) is 0 Å². The number of amides is 1. The van der Waals surface area contributed by atoms with Gasteiger partial charge in [0, 0.05) is 12.1 Å². The van der Waals surface area contributed by atoms with Gasteiger partial charge in [0.25, 0.3) is 5.69 Å². The Morgan fingerprint density at radius 2 is 1.74 bits per heavy atom. The van der Waals surface area contributed by atoms with Crippen molar-refractivity contribution in [1.82, 2.24) is 0 Å². The van der Waals surface area contributed by atoms with Crippen molar-refractivity contribution in [3.05, 3.63) is 39.9 Å². The number of nitro benzene ring substituents is 1. The smallest absolute Gasteiger partial charge is 0.265 e. The number of carbonyl (C=O) groups excluding carboxylic acids is 1. The van der Waals surface area contributed by atoms with Crippen LogP contribution in [-0.2, 0) is 0 Å². The number of rotatable bonds is 6.